The number of carbonyl (C=O) groups is 12. The van der Waals surface area contributed by atoms with Gasteiger partial charge in [0.2, 0.25) is 59.1 Å². The second-order valence-corrected chi connectivity index (χ2v) is 17.1. The molecule has 20 N–H and O–H groups in total. The van der Waals surface area contributed by atoms with Gasteiger partial charge in [0.15, 0.2) is 0 Å². The number of hydrogen-bond acceptors (Lipinski definition) is 16. The molecular weight excluding hydrogens is 917 g/mol. The van der Waals surface area contributed by atoms with Crippen LogP contribution < -0.4 is 65.5 Å². The third-order valence-electron chi connectivity index (χ3n) is 10.2. The summed E-state index contributed by atoms with van der Waals surface area (Å²) >= 11 is 0. The third-order valence-corrected chi connectivity index (χ3v) is 10.2. The number of amides is 10. The minimum absolute atomic E-state index is 0.0521. The van der Waals surface area contributed by atoms with Crippen molar-refractivity contribution in [2.75, 3.05) is 13.2 Å². The highest BCUT2D eigenvalue weighted by molar-refractivity contribution is 5.99. The van der Waals surface area contributed by atoms with Crippen LogP contribution in [0.2, 0.25) is 0 Å². The maximum absolute atomic E-state index is 13.7. The van der Waals surface area contributed by atoms with E-state index in [9.17, 15) is 78.0 Å². The number of nitrogens with one attached hydrogen (secondary N) is 8. The average molecular weight is 989 g/mol. The van der Waals surface area contributed by atoms with E-state index in [-0.39, 0.29) is 38.1 Å². The van der Waals surface area contributed by atoms with E-state index in [2.05, 4.69) is 42.5 Å². The Hall–Kier alpha value is -6.52. The second kappa shape index (κ2) is 31.5. The smallest absolute Gasteiger partial charge is 0.326 e. The zero-order valence-corrected chi connectivity index (χ0v) is 39.7. The van der Waals surface area contributed by atoms with E-state index < -0.39 is 170 Å². The molecule has 0 aromatic rings. The summed E-state index contributed by atoms with van der Waals surface area (Å²) in [7, 11) is 0. The summed E-state index contributed by atoms with van der Waals surface area (Å²) in [5.74, 6) is -13.9. The van der Waals surface area contributed by atoms with Crippen LogP contribution in [-0.4, -0.2) is 165 Å². The number of primary amides is 2. The quantitative estimate of drug-likeness (QED) is 0.0267. The summed E-state index contributed by atoms with van der Waals surface area (Å²) in [6.07, 6.45) is -3.70. The van der Waals surface area contributed by atoms with Crippen LogP contribution in [0, 0.1) is 11.8 Å². The van der Waals surface area contributed by atoms with Crippen molar-refractivity contribution in [1.29, 1.82) is 0 Å². The Balaban J connectivity index is 6.36. The van der Waals surface area contributed by atoms with Crippen LogP contribution in [0.3, 0.4) is 0 Å². The highest BCUT2D eigenvalue weighted by atomic mass is 16.4. The number of carbonyl (C=O) groups excluding carboxylic acids is 10. The molecule has 0 radical (unpaired) electrons. The van der Waals surface area contributed by atoms with E-state index in [0.29, 0.717) is 6.42 Å². The number of carboxylic acid groups (broad SMARTS) is 2. The molecule has 28 nitrogen and oxygen atoms in total. The van der Waals surface area contributed by atoms with Gasteiger partial charge in [-0.05, 0) is 70.8 Å². The van der Waals surface area contributed by atoms with Crippen molar-refractivity contribution in [2.45, 2.75) is 160 Å². The molecule has 0 aromatic heterocycles. The Labute approximate surface area is 398 Å². The summed E-state index contributed by atoms with van der Waals surface area (Å²) in [4.78, 5) is 153. The van der Waals surface area contributed by atoms with Gasteiger partial charge in [-0.3, -0.25) is 52.7 Å². The molecule has 0 aromatic carbocycles. The maximum atomic E-state index is 13.7. The van der Waals surface area contributed by atoms with Gasteiger partial charge in [-0.1, -0.05) is 27.7 Å². The lowest BCUT2D eigenvalue weighted by Crippen LogP contribution is -2.61. The van der Waals surface area contributed by atoms with Gasteiger partial charge in [-0.2, -0.15) is 0 Å². The molecule has 0 fully saturated rings. The van der Waals surface area contributed by atoms with Gasteiger partial charge >= 0.3 is 11.9 Å². The normalized spacial score (nSPS) is 15.5. The fourth-order valence-corrected chi connectivity index (χ4v) is 6.18. The standard InChI is InChI=1S/C41H72N12O16/c1-18(2)15-25(51-40(67)31(45)21(6)55)37(64)48-23(10-12-28(43)56)34(61)46-20(5)33(60)50-26(16-29(44)57)38(65)47-22(9-7-8-14-42)35(62)52-27(17-54)39(66)49-24(11-13-30(58)59)36(63)53-32(19(3)4)41(68)69/h18-27,31-32,54-55H,7-17,42,45H2,1-6H3,(H2,43,56)(H2,44,57)(H,46,61)(H,47,65)(H,48,64)(H,49,66)(H,50,60)(H,51,67)(H,52,62)(H,53,63)(H,58,59)(H,68,69)/t20-,21+,22-,23-,24-,25-,26-,27-,31-,32-/m0/s1. The Bertz CT molecular complexity index is 1820. The van der Waals surface area contributed by atoms with Crippen LogP contribution >= 0.6 is 0 Å². The first-order chi connectivity index (χ1) is 32.1. The lowest BCUT2D eigenvalue weighted by atomic mass is 10.0. The number of rotatable bonds is 34. The van der Waals surface area contributed by atoms with E-state index in [0.717, 1.165) is 6.92 Å². The van der Waals surface area contributed by atoms with Crippen LogP contribution in [0.4, 0.5) is 0 Å². The average Bonchev–Trinajstić information content (AvgIpc) is 3.24. The molecule has 0 rings (SSSR count). The third kappa shape index (κ3) is 24.4. The SMILES string of the molecule is CC(C)C[C@H](NC(=O)[C@@H](N)[C@@H](C)O)C(=O)N[C@@H](CCC(N)=O)C(=O)N[C@@H](C)C(=O)N[C@@H](CC(N)=O)C(=O)N[C@@H](CCCCN)C(=O)N[C@@H](CO)C(=O)N[C@@H](CCC(=O)O)C(=O)N[C@H](C(=O)O)C(C)C. The molecule has 0 saturated carbocycles. The van der Waals surface area contributed by atoms with Crippen LogP contribution in [-0.2, 0) is 57.5 Å². The molecule has 0 spiro atoms. The number of hydrogen-bond donors (Lipinski definition) is 16. The number of carboxylic acids is 2. The minimum atomic E-state index is -1.83. The molecule has 0 heterocycles. The number of aliphatic hydroxyl groups excluding tert-OH is 2. The first kappa shape index (κ1) is 62.5. The summed E-state index contributed by atoms with van der Waals surface area (Å²) in [5.41, 5.74) is 21.9. The lowest BCUT2D eigenvalue weighted by molar-refractivity contribution is -0.144. The van der Waals surface area contributed by atoms with E-state index in [1.807, 2.05) is 0 Å². The molecule has 0 aliphatic rings. The van der Waals surface area contributed by atoms with Crippen LogP contribution in [0.5, 0.6) is 0 Å². The Morgan fingerprint density at radius 1 is 0.507 bits per heavy atom. The number of aliphatic hydroxyl groups is 2. The van der Waals surface area contributed by atoms with Gasteiger partial charge in [-0.15, -0.1) is 0 Å². The summed E-state index contributed by atoms with van der Waals surface area (Å²) in [6.45, 7) is 7.93. The van der Waals surface area contributed by atoms with Gasteiger partial charge in [0, 0.05) is 12.8 Å². The molecular formula is C41H72N12O16. The van der Waals surface area contributed by atoms with Crippen molar-refractivity contribution in [2.24, 2.45) is 34.8 Å². The predicted octanol–water partition coefficient (Wildman–Crippen LogP) is -6.49. The van der Waals surface area contributed by atoms with Gasteiger partial charge in [0.1, 0.15) is 54.4 Å². The number of aliphatic carboxylic acids is 2. The number of unbranched alkanes of at least 4 members (excludes halogenated alkanes) is 1. The Morgan fingerprint density at radius 2 is 0.942 bits per heavy atom. The molecule has 0 unspecified atom stereocenters. The summed E-state index contributed by atoms with van der Waals surface area (Å²) < 4.78 is 0. The molecule has 0 bridgehead atoms. The fraction of sp³-hybridized carbons (Fsp3) is 0.707. The van der Waals surface area contributed by atoms with Crippen molar-refractivity contribution in [3.63, 3.8) is 0 Å². The topological polar surface area (TPSA) is 486 Å². The van der Waals surface area contributed by atoms with Crippen LogP contribution in [0.25, 0.3) is 0 Å². The monoisotopic (exact) mass is 989 g/mol. The van der Waals surface area contributed by atoms with Crippen molar-refractivity contribution < 1.29 is 78.0 Å². The van der Waals surface area contributed by atoms with Gasteiger partial charge in [0.05, 0.1) is 19.1 Å². The number of nitrogens with two attached hydrogens (primary N) is 4. The molecule has 69 heavy (non-hydrogen) atoms. The largest absolute Gasteiger partial charge is 0.481 e. The van der Waals surface area contributed by atoms with E-state index in [1.165, 1.54) is 20.8 Å². The first-order valence-corrected chi connectivity index (χ1v) is 22.2. The van der Waals surface area contributed by atoms with E-state index in [1.54, 1.807) is 13.8 Å². The van der Waals surface area contributed by atoms with Crippen LogP contribution in [0.15, 0.2) is 0 Å². The highest BCUT2D eigenvalue weighted by Crippen LogP contribution is 2.10. The summed E-state index contributed by atoms with van der Waals surface area (Å²) in [5, 5.41) is 56.9. The summed E-state index contributed by atoms with van der Waals surface area (Å²) in [6, 6.07) is -14.0. The van der Waals surface area contributed by atoms with Gasteiger partial charge < -0.3 is 85.9 Å². The molecule has 10 amide bonds. The Morgan fingerprint density at radius 3 is 1.39 bits per heavy atom. The van der Waals surface area contributed by atoms with Crippen LogP contribution in [0.1, 0.15) is 99.3 Å². The minimum Gasteiger partial charge on any atom is -0.481 e. The van der Waals surface area contributed by atoms with Crippen molar-refractivity contribution in [3.8, 4) is 0 Å². The molecule has 0 aliphatic carbocycles. The molecule has 0 aliphatic heterocycles. The fourth-order valence-electron chi connectivity index (χ4n) is 6.18. The predicted molar refractivity (Wildman–Crippen MR) is 242 cm³/mol. The lowest BCUT2D eigenvalue weighted by Gasteiger charge is -2.27. The molecule has 28 heteroatoms. The van der Waals surface area contributed by atoms with E-state index in [4.69, 9.17) is 22.9 Å². The molecule has 0 saturated heterocycles. The first-order valence-electron chi connectivity index (χ1n) is 22.2. The highest BCUT2D eigenvalue weighted by Gasteiger charge is 2.35. The maximum Gasteiger partial charge on any atom is 0.326 e. The van der Waals surface area contributed by atoms with Crippen molar-refractivity contribution >= 4 is 71.0 Å². The van der Waals surface area contributed by atoms with E-state index >= 15 is 0 Å². The van der Waals surface area contributed by atoms with Crippen molar-refractivity contribution in [1.82, 2.24) is 42.5 Å². The van der Waals surface area contributed by atoms with Crippen molar-refractivity contribution in [3.05, 3.63) is 0 Å². The Kier molecular flexibility index (Phi) is 28.5. The second-order valence-electron chi connectivity index (χ2n) is 17.1. The van der Waals surface area contributed by atoms with Gasteiger partial charge in [-0.25, -0.2) is 4.79 Å². The molecule has 10 atom stereocenters. The molecule has 392 valence electrons. The van der Waals surface area contributed by atoms with Gasteiger partial charge in [0.25, 0.3) is 0 Å². The zero-order chi connectivity index (χ0) is 53.3. The zero-order valence-electron chi connectivity index (χ0n) is 39.7.